The quantitative estimate of drug-likeness (QED) is 0.532. The van der Waals surface area contributed by atoms with Gasteiger partial charge in [0.1, 0.15) is 5.82 Å². The molecule has 0 aromatic carbocycles. The maximum atomic E-state index is 4.74. The zero-order valence-electron chi connectivity index (χ0n) is 22.0. The lowest BCUT2D eigenvalue weighted by Gasteiger charge is -2.46. The molecule has 0 unspecified atom stereocenters. The molecule has 2 aromatic rings. The van der Waals surface area contributed by atoms with Gasteiger partial charge in [-0.1, -0.05) is 0 Å². The van der Waals surface area contributed by atoms with E-state index in [1.54, 1.807) is 0 Å². The molecule has 172 valence electrons. The molecule has 0 spiro atoms. The molecule has 0 atom stereocenters. The lowest BCUT2D eigenvalue weighted by atomic mass is 9.95. The minimum atomic E-state index is -0.0345. The predicted molar refractivity (Wildman–Crippen MR) is 135 cm³/mol. The third-order valence-corrected chi connectivity index (χ3v) is 5.41. The molecule has 2 rings (SSSR count). The van der Waals surface area contributed by atoms with Gasteiger partial charge < -0.3 is 4.90 Å². The summed E-state index contributed by atoms with van der Waals surface area (Å²) in [5.74, 6) is 1.00. The summed E-state index contributed by atoms with van der Waals surface area (Å²) >= 11 is 0. The van der Waals surface area contributed by atoms with Gasteiger partial charge in [0.2, 0.25) is 0 Å². The van der Waals surface area contributed by atoms with Crippen LogP contribution in [-0.2, 0) is 6.54 Å². The number of nitrogens with zero attached hydrogens (tertiary/aromatic N) is 4. The Kier molecular flexibility index (Phi) is 6.97. The molecule has 0 amide bonds. The lowest BCUT2D eigenvalue weighted by Crippen LogP contribution is -2.53. The van der Waals surface area contributed by atoms with Gasteiger partial charge in [-0.25, -0.2) is 4.98 Å². The van der Waals surface area contributed by atoms with E-state index in [2.05, 4.69) is 117 Å². The van der Waals surface area contributed by atoms with E-state index in [0.717, 1.165) is 18.1 Å². The first-order valence-electron chi connectivity index (χ1n) is 11.4. The van der Waals surface area contributed by atoms with Crippen LogP contribution < -0.4 is 4.90 Å². The molecule has 31 heavy (non-hydrogen) atoms. The van der Waals surface area contributed by atoms with Gasteiger partial charge in [-0.2, -0.15) is 0 Å². The van der Waals surface area contributed by atoms with Crippen molar-refractivity contribution >= 4 is 5.82 Å². The van der Waals surface area contributed by atoms with Crippen LogP contribution in [0.15, 0.2) is 36.7 Å². The van der Waals surface area contributed by atoms with Crippen LogP contribution in [0, 0.1) is 0 Å². The average molecular weight is 425 g/mol. The average Bonchev–Trinajstić information content (AvgIpc) is 2.55. The summed E-state index contributed by atoms with van der Waals surface area (Å²) in [6, 6.07) is 8.63. The van der Waals surface area contributed by atoms with Gasteiger partial charge in [0.15, 0.2) is 0 Å². The summed E-state index contributed by atoms with van der Waals surface area (Å²) in [7, 11) is 0. The standard InChI is InChI=1S/C27H44N4/c1-24(2,3)30(25(4,5)6)19-22-17-20(13-15-28-22)21-14-16-29-23(18-21)31(26(7,8)9)27(10,11)12/h13-18H,19H2,1-12H3. The monoisotopic (exact) mass is 424 g/mol. The molecule has 4 nitrogen and oxygen atoms in total. The summed E-state index contributed by atoms with van der Waals surface area (Å²) in [4.78, 5) is 14.3. The topological polar surface area (TPSA) is 32.3 Å². The molecule has 2 aromatic heterocycles. The molecule has 0 fully saturated rings. The van der Waals surface area contributed by atoms with Crippen LogP contribution in [0.3, 0.4) is 0 Å². The van der Waals surface area contributed by atoms with Crippen LogP contribution in [0.1, 0.15) is 88.8 Å². The van der Waals surface area contributed by atoms with E-state index >= 15 is 0 Å². The number of aromatic nitrogens is 2. The fourth-order valence-electron chi connectivity index (χ4n) is 4.80. The lowest BCUT2D eigenvalue weighted by molar-refractivity contribution is 0.0286. The van der Waals surface area contributed by atoms with Crippen molar-refractivity contribution < 1.29 is 0 Å². The highest BCUT2D eigenvalue weighted by molar-refractivity contribution is 5.67. The number of hydrogen-bond donors (Lipinski definition) is 0. The third-order valence-electron chi connectivity index (χ3n) is 5.41. The molecular weight excluding hydrogens is 380 g/mol. The zero-order chi connectivity index (χ0) is 23.8. The van der Waals surface area contributed by atoms with Crippen molar-refractivity contribution in [2.75, 3.05) is 4.90 Å². The van der Waals surface area contributed by atoms with Crippen LogP contribution in [0.2, 0.25) is 0 Å². The highest BCUT2D eigenvalue weighted by Gasteiger charge is 2.33. The van der Waals surface area contributed by atoms with Crippen LogP contribution in [0.5, 0.6) is 0 Å². The van der Waals surface area contributed by atoms with Crippen LogP contribution in [0.25, 0.3) is 11.1 Å². The Hall–Kier alpha value is -1.94. The maximum Gasteiger partial charge on any atom is 0.129 e. The van der Waals surface area contributed by atoms with Gasteiger partial charge in [-0.3, -0.25) is 9.88 Å². The predicted octanol–water partition coefficient (Wildman–Crippen LogP) is 6.95. The first kappa shape index (κ1) is 25.3. The van der Waals surface area contributed by atoms with Gasteiger partial charge in [-0.15, -0.1) is 0 Å². The minimum Gasteiger partial charge on any atom is -0.347 e. The zero-order valence-corrected chi connectivity index (χ0v) is 22.0. The van der Waals surface area contributed by atoms with E-state index in [4.69, 9.17) is 9.97 Å². The van der Waals surface area contributed by atoms with Crippen molar-refractivity contribution in [1.29, 1.82) is 0 Å². The van der Waals surface area contributed by atoms with Gasteiger partial charge in [0.25, 0.3) is 0 Å². The van der Waals surface area contributed by atoms with E-state index in [0.29, 0.717) is 0 Å². The van der Waals surface area contributed by atoms with Gasteiger partial charge >= 0.3 is 0 Å². The van der Waals surface area contributed by atoms with E-state index < -0.39 is 0 Å². The number of rotatable bonds is 4. The number of hydrogen-bond acceptors (Lipinski definition) is 4. The van der Waals surface area contributed by atoms with Crippen LogP contribution in [0.4, 0.5) is 5.82 Å². The van der Waals surface area contributed by atoms with Crippen molar-refractivity contribution in [3.05, 3.63) is 42.4 Å². The molecule has 0 saturated carbocycles. The molecule has 0 aliphatic carbocycles. The Balaban J connectivity index is 2.45. The second kappa shape index (κ2) is 8.54. The Morgan fingerprint density at radius 2 is 1.06 bits per heavy atom. The Bertz CT molecular complexity index is 846. The van der Waals surface area contributed by atoms with Crippen molar-refractivity contribution in [3.8, 4) is 11.1 Å². The highest BCUT2D eigenvalue weighted by atomic mass is 15.3. The smallest absolute Gasteiger partial charge is 0.129 e. The third kappa shape index (κ3) is 6.52. The molecular formula is C27H44N4. The molecule has 0 aliphatic heterocycles. The second-order valence-electron chi connectivity index (χ2n) is 12.5. The number of pyridine rings is 2. The molecule has 0 N–H and O–H groups in total. The maximum absolute atomic E-state index is 4.74. The molecule has 4 heteroatoms. The van der Waals surface area contributed by atoms with Crippen molar-refractivity contribution in [2.45, 2.75) is 112 Å². The second-order valence-corrected chi connectivity index (χ2v) is 12.5. The first-order valence-corrected chi connectivity index (χ1v) is 11.4. The highest BCUT2D eigenvalue weighted by Crippen LogP contribution is 2.33. The van der Waals surface area contributed by atoms with Crippen molar-refractivity contribution in [2.24, 2.45) is 0 Å². The molecule has 2 heterocycles. The molecule has 0 saturated heterocycles. The van der Waals surface area contributed by atoms with Crippen molar-refractivity contribution in [1.82, 2.24) is 14.9 Å². The Morgan fingerprint density at radius 1 is 0.613 bits per heavy atom. The minimum absolute atomic E-state index is 0.0345. The summed E-state index contributed by atoms with van der Waals surface area (Å²) < 4.78 is 0. The summed E-state index contributed by atoms with van der Waals surface area (Å²) in [5.41, 5.74) is 3.48. The van der Waals surface area contributed by atoms with Crippen LogP contribution >= 0.6 is 0 Å². The summed E-state index contributed by atoms with van der Waals surface area (Å²) in [6.07, 6.45) is 3.85. The summed E-state index contributed by atoms with van der Waals surface area (Å²) in [5, 5.41) is 0. The van der Waals surface area contributed by atoms with Gasteiger partial charge in [0.05, 0.1) is 5.69 Å². The van der Waals surface area contributed by atoms with E-state index in [1.807, 2.05) is 12.4 Å². The number of anilines is 1. The SMILES string of the molecule is CC(C)(C)N(Cc1cc(-c2ccnc(N(C(C)(C)C)C(C)(C)C)c2)ccn1)C(C)(C)C. The summed E-state index contributed by atoms with van der Waals surface area (Å²) in [6.45, 7) is 27.9. The normalized spacial score (nSPS) is 13.6. The first-order chi connectivity index (χ1) is 13.9. The fourth-order valence-corrected chi connectivity index (χ4v) is 4.80. The largest absolute Gasteiger partial charge is 0.347 e. The fraction of sp³-hybridized carbons (Fsp3) is 0.630. The molecule has 0 radical (unpaired) electrons. The Morgan fingerprint density at radius 3 is 1.52 bits per heavy atom. The molecule has 0 aliphatic rings. The van der Waals surface area contributed by atoms with Crippen LogP contribution in [-0.4, -0.2) is 37.0 Å². The van der Waals surface area contributed by atoms with Gasteiger partial charge in [0, 0.05) is 41.1 Å². The van der Waals surface area contributed by atoms with E-state index in [9.17, 15) is 0 Å². The Labute approximate surface area is 191 Å². The molecule has 0 bridgehead atoms. The van der Waals surface area contributed by atoms with Gasteiger partial charge in [-0.05, 0) is 118 Å². The van der Waals surface area contributed by atoms with E-state index in [-0.39, 0.29) is 22.2 Å². The van der Waals surface area contributed by atoms with Crippen molar-refractivity contribution in [3.63, 3.8) is 0 Å². The van der Waals surface area contributed by atoms with E-state index in [1.165, 1.54) is 11.1 Å².